The first kappa shape index (κ1) is 19.2. The van der Waals surface area contributed by atoms with Gasteiger partial charge in [0.2, 0.25) is 5.91 Å². The van der Waals surface area contributed by atoms with E-state index in [1.165, 1.54) is 23.1 Å². The summed E-state index contributed by atoms with van der Waals surface area (Å²) in [5, 5.41) is 3.82. The Bertz CT molecular complexity index is 1080. The summed E-state index contributed by atoms with van der Waals surface area (Å²) in [6, 6.07) is 9.98. The molecule has 3 aromatic rings. The van der Waals surface area contributed by atoms with Gasteiger partial charge < -0.3 is 5.32 Å². The maximum Gasteiger partial charge on any atom is 0.263 e. The number of carbonyl (C=O) groups is 1. The van der Waals surface area contributed by atoms with E-state index in [0.29, 0.717) is 21.9 Å². The maximum atomic E-state index is 13.1. The Hall–Kier alpha value is -2.56. The van der Waals surface area contributed by atoms with Gasteiger partial charge in [0.05, 0.1) is 17.7 Å². The number of hydrogen-bond acceptors (Lipinski definition) is 5. The SMILES string of the molecule is C#CCNC(=O)CSc1nc2sc(-c3ccccc3)c(C)c2c(=O)n1CC. The summed E-state index contributed by atoms with van der Waals surface area (Å²) in [7, 11) is 0. The van der Waals surface area contributed by atoms with E-state index in [2.05, 4.69) is 11.2 Å². The Labute approximate surface area is 165 Å². The largest absolute Gasteiger partial charge is 0.344 e. The molecule has 1 aromatic carbocycles. The molecule has 1 amide bonds. The summed E-state index contributed by atoms with van der Waals surface area (Å²) in [4.78, 5) is 31.3. The fourth-order valence-electron chi connectivity index (χ4n) is 2.78. The number of rotatable bonds is 6. The normalized spacial score (nSPS) is 10.7. The molecule has 0 aliphatic heterocycles. The van der Waals surface area contributed by atoms with Crippen LogP contribution >= 0.6 is 23.1 Å². The van der Waals surface area contributed by atoms with Crippen molar-refractivity contribution in [3.63, 3.8) is 0 Å². The van der Waals surface area contributed by atoms with Crippen molar-refractivity contribution in [3.8, 4) is 22.8 Å². The molecular weight excluding hydrogens is 378 g/mol. The summed E-state index contributed by atoms with van der Waals surface area (Å²) >= 11 is 2.76. The monoisotopic (exact) mass is 397 g/mol. The van der Waals surface area contributed by atoms with Gasteiger partial charge in [0.15, 0.2) is 5.16 Å². The Morgan fingerprint density at radius 3 is 2.78 bits per heavy atom. The number of benzene rings is 1. The highest BCUT2D eigenvalue weighted by molar-refractivity contribution is 7.99. The topological polar surface area (TPSA) is 64.0 Å². The van der Waals surface area contributed by atoms with Crippen molar-refractivity contribution < 1.29 is 4.79 Å². The van der Waals surface area contributed by atoms with Gasteiger partial charge in [-0.25, -0.2) is 4.98 Å². The zero-order valence-electron chi connectivity index (χ0n) is 15.1. The predicted octanol–water partition coefficient (Wildman–Crippen LogP) is 3.29. The molecule has 7 heteroatoms. The van der Waals surface area contributed by atoms with Crippen LogP contribution in [-0.4, -0.2) is 27.8 Å². The number of nitrogens with zero attached hydrogens (tertiary/aromatic N) is 2. The number of carbonyl (C=O) groups excluding carboxylic acids is 1. The number of terminal acetylenes is 1. The molecule has 0 bridgehead atoms. The van der Waals surface area contributed by atoms with Crippen molar-refractivity contribution in [3.05, 3.63) is 46.2 Å². The van der Waals surface area contributed by atoms with Crippen LogP contribution in [0.15, 0.2) is 40.3 Å². The number of nitrogens with one attached hydrogen (secondary N) is 1. The molecule has 0 unspecified atom stereocenters. The van der Waals surface area contributed by atoms with Crippen molar-refractivity contribution in [2.45, 2.75) is 25.5 Å². The van der Waals surface area contributed by atoms with Crippen LogP contribution in [0.5, 0.6) is 0 Å². The van der Waals surface area contributed by atoms with Crippen LogP contribution in [0.1, 0.15) is 12.5 Å². The summed E-state index contributed by atoms with van der Waals surface area (Å²) < 4.78 is 1.62. The van der Waals surface area contributed by atoms with Gasteiger partial charge in [0.1, 0.15) is 4.83 Å². The second-order valence-electron chi connectivity index (χ2n) is 5.82. The van der Waals surface area contributed by atoms with E-state index in [0.717, 1.165) is 16.0 Å². The Morgan fingerprint density at radius 1 is 1.37 bits per heavy atom. The fraction of sp³-hybridized carbons (Fsp3) is 0.250. The highest BCUT2D eigenvalue weighted by atomic mass is 32.2. The number of fused-ring (bicyclic) bond motifs is 1. The maximum absolute atomic E-state index is 13.1. The molecule has 2 heterocycles. The van der Waals surface area contributed by atoms with E-state index in [1.54, 1.807) is 4.57 Å². The van der Waals surface area contributed by atoms with Crippen LogP contribution in [0, 0.1) is 19.3 Å². The van der Waals surface area contributed by atoms with Gasteiger partial charge in [-0.05, 0) is 25.0 Å². The van der Waals surface area contributed by atoms with Crippen LogP contribution in [0.4, 0.5) is 0 Å². The van der Waals surface area contributed by atoms with Crippen LogP contribution in [0.3, 0.4) is 0 Å². The zero-order chi connectivity index (χ0) is 19.4. The van der Waals surface area contributed by atoms with Crippen LogP contribution < -0.4 is 10.9 Å². The first-order valence-electron chi connectivity index (χ1n) is 8.49. The van der Waals surface area contributed by atoms with E-state index >= 15 is 0 Å². The highest BCUT2D eigenvalue weighted by Crippen LogP contribution is 2.36. The summed E-state index contributed by atoms with van der Waals surface area (Å²) in [5.41, 5.74) is 1.96. The summed E-state index contributed by atoms with van der Waals surface area (Å²) in [6.07, 6.45) is 5.15. The average Bonchev–Trinajstić information content (AvgIpc) is 3.02. The molecule has 0 saturated carbocycles. The molecule has 2 aromatic heterocycles. The number of amides is 1. The average molecular weight is 398 g/mol. The molecule has 0 radical (unpaired) electrons. The van der Waals surface area contributed by atoms with Crippen molar-refractivity contribution in [1.82, 2.24) is 14.9 Å². The zero-order valence-corrected chi connectivity index (χ0v) is 16.7. The standard InChI is InChI=1S/C20H19N3O2S2/c1-4-11-21-15(24)12-26-20-22-18-16(19(25)23(20)5-2)13(3)17(27-18)14-9-7-6-8-10-14/h1,6-10H,5,11-12H2,2-3H3,(H,21,24). The Morgan fingerprint density at radius 2 is 2.11 bits per heavy atom. The van der Waals surface area contributed by atoms with Crippen molar-refractivity contribution in [2.75, 3.05) is 12.3 Å². The second-order valence-corrected chi connectivity index (χ2v) is 7.76. The molecule has 0 fully saturated rings. The Balaban J connectivity index is 2.03. The molecule has 3 rings (SSSR count). The first-order chi connectivity index (χ1) is 13.1. The first-order valence-corrected chi connectivity index (χ1v) is 10.3. The van der Waals surface area contributed by atoms with Crippen LogP contribution in [0.2, 0.25) is 0 Å². The van der Waals surface area contributed by atoms with Crippen LogP contribution in [-0.2, 0) is 11.3 Å². The van der Waals surface area contributed by atoms with Crippen molar-refractivity contribution in [1.29, 1.82) is 0 Å². The Kier molecular flexibility index (Phi) is 5.99. The van der Waals surface area contributed by atoms with Gasteiger partial charge in [-0.15, -0.1) is 17.8 Å². The lowest BCUT2D eigenvalue weighted by Crippen LogP contribution is -2.27. The molecule has 0 atom stereocenters. The van der Waals surface area contributed by atoms with Crippen molar-refractivity contribution >= 4 is 39.2 Å². The van der Waals surface area contributed by atoms with E-state index < -0.39 is 0 Å². The molecule has 0 saturated heterocycles. The molecule has 138 valence electrons. The lowest BCUT2D eigenvalue weighted by Gasteiger charge is -2.09. The van der Waals surface area contributed by atoms with Gasteiger partial charge in [-0.3, -0.25) is 14.2 Å². The molecule has 1 N–H and O–H groups in total. The molecule has 5 nitrogen and oxygen atoms in total. The minimum absolute atomic E-state index is 0.0648. The fourth-order valence-corrected chi connectivity index (χ4v) is 4.90. The molecule has 0 aliphatic carbocycles. The third kappa shape index (κ3) is 3.92. The number of hydrogen-bond donors (Lipinski definition) is 1. The number of thioether (sulfide) groups is 1. The third-order valence-corrected chi connectivity index (χ3v) is 6.30. The smallest absolute Gasteiger partial charge is 0.263 e. The van der Waals surface area contributed by atoms with Crippen molar-refractivity contribution in [2.24, 2.45) is 0 Å². The quantitative estimate of drug-likeness (QED) is 0.394. The predicted molar refractivity (Wildman–Crippen MR) is 112 cm³/mol. The second kappa shape index (κ2) is 8.42. The van der Waals surface area contributed by atoms with Gasteiger partial charge in [-0.1, -0.05) is 48.0 Å². The third-order valence-electron chi connectivity index (χ3n) is 4.09. The van der Waals surface area contributed by atoms with E-state index in [-0.39, 0.29) is 23.8 Å². The lowest BCUT2D eigenvalue weighted by molar-refractivity contribution is -0.118. The summed E-state index contributed by atoms with van der Waals surface area (Å²) in [6.45, 7) is 4.55. The van der Waals surface area contributed by atoms with E-state index in [4.69, 9.17) is 11.4 Å². The summed E-state index contributed by atoms with van der Waals surface area (Å²) in [5.74, 6) is 2.35. The molecule has 0 aliphatic rings. The van der Waals surface area contributed by atoms with Gasteiger partial charge >= 0.3 is 0 Å². The molecule has 27 heavy (non-hydrogen) atoms. The van der Waals surface area contributed by atoms with Gasteiger partial charge in [0.25, 0.3) is 5.56 Å². The lowest BCUT2D eigenvalue weighted by atomic mass is 10.1. The van der Waals surface area contributed by atoms with Gasteiger partial charge in [-0.2, -0.15) is 0 Å². The van der Waals surface area contributed by atoms with Gasteiger partial charge in [0, 0.05) is 11.4 Å². The number of thiophene rings is 1. The van der Waals surface area contributed by atoms with E-state index in [9.17, 15) is 9.59 Å². The minimum Gasteiger partial charge on any atom is -0.344 e. The molecule has 0 spiro atoms. The van der Waals surface area contributed by atoms with Crippen LogP contribution in [0.25, 0.3) is 20.7 Å². The van der Waals surface area contributed by atoms with E-state index in [1.807, 2.05) is 44.2 Å². The number of aryl methyl sites for hydroxylation is 1. The number of aromatic nitrogens is 2. The highest BCUT2D eigenvalue weighted by Gasteiger charge is 2.19. The minimum atomic E-state index is -0.178. The molecular formula is C20H19N3O2S2.